The molecule has 0 saturated heterocycles. The predicted molar refractivity (Wildman–Crippen MR) is 100 cm³/mol. The molecule has 0 saturated carbocycles. The molecule has 0 bridgehead atoms. The van der Waals surface area contributed by atoms with Gasteiger partial charge in [0.1, 0.15) is 0 Å². The third kappa shape index (κ3) is 3.51. The van der Waals surface area contributed by atoms with Gasteiger partial charge in [0.15, 0.2) is 11.8 Å². The third-order valence-electron chi connectivity index (χ3n) is 3.45. The summed E-state index contributed by atoms with van der Waals surface area (Å²) in [5, 5.41) is 5.36. The summed E-state index contributed by atoms with van der Waals surface area (Å²) < 4.78 is 1.05. The number of aromatic nitrogens is 1. The molecule has 1 heterocycles. The number of benzene rings is 2. The van der Waals surface area contributed by atoms with E-state index in [9.17, 15) is 0 Å². The lowest BCUT2D eigenvalue weighted by atomic mass is 10.1. The maximum atomic E-state index is 6.05. The lowest BCUT2D eigenvalue weighted by Gasteiger charge is -2.10. The summed E-state index contributed by atoms with van der Waals surface area (Å²) in [4.78, 5) is 8.74. The summed E-state index contributed by atoms with van der Waals surface area (Å²) in [7, 11) is 0. The van der Waals surface area contributed by atoms with Crippen LogP contribution in [0, 0.1) is 13.8 Å². The van der Waals surface area contributed by atoms with E-state index in [1.807, 2.05) is 56.3 Å². The van der Waals surface area contributed by atoms with Crippen LogP contribution in [0.25, 0.3) is 10.8 Å². The molecule has 0 spiro atoms. The first kappa shape index (κ1) is 15.5. The monoisotopic (exact) mass is 368 g/mol. The van der Waals surface area contributed by atoms with Crippen LogP contribution in [0.3, 0.4) is 0 Å². The highest BCUT2D eigenvalue weighted by molar-refractivity contribution is 9.10. The minimum absolute atomic E-state index is 0.315. The van der Waals surface area contributed by atoms with Crippen molar-refractivity contribution in [2.45, 2.75) is 13.8 Å². The summed E-state index contributed by atoms with van der Waals surface area (Å²) in [5.74, 6) is 0.920. The van der Waals surface area contributed by atoms with Crippen molar-refractivity contribution in [1.82, 2.24) is 4.98 Å². The van der Waals surface area contributed by atoms with Gasteiger partial charge in [0.25, 0.3) is 0 Å². The van der Waals surface area contributed by atoms with Gasteiger partial charge in [-0.25, -0.2) is 4.98 Å². The van der Waals surface area contributed by atoms with Crippen molar-refractivity contribution in [2.75, 3.05) is 5.32 Å². The number of hydrogen-bond acceptors (Lipinski definition) is 2. The van der Waals surface area contributed by atoms with Crippen LogP contribution in [-0.2, 0) is 0 Å². The Labute approximate surface area is 143 Å². The summed E-state index contributed by atoms with van der Waals surface area (Å²) in [6, 6.07) is 16.0. The van der Waals surface area contributed by atoms with Gasteiger partial charge in [-0.1, -0.05) is 40.2 Å². The number of aliphatic imine (C=N–C) groups is 1. The van der Waals surface area contributed by atoms with E-state index in [-0.39, 0.29) is 0 Å². The van der Waals surface area contributed by atoms with Gasteiger partial charge >= 0.3 is 0 Å². The maximum Gasteiger partial charge on any atom is 0.199 e. The first-order valence-electron chi connectivity index (χ1n) is 7.26. The zero-order valence-corrected chi connectivity index (χ0v) is 14.6. The molecular formula is C18H17BrN4. The highest BCUT2D eigenvalue weighted by Gasteiger charge is 2.05. The minimum Gasteiger partial charge on any atom is -0.369 e. The summed E-state index contributed by atoms with van der Waals surface area (Å²) in [5.41, 5.74) is 9.00. The molecular weight excluding hydrogens is 352 g/mol. The second-order valence-electron chi connectivity index (χ2n) is 5.41. The standard InChI is InChI=1S/C18H17BrN4/c1-11-9-12(2)21-17(10-11)23-18(20)22-16-8-7-15(19)13-5-3-4-6-14(13)16/h3-10H,1-2H3,(H3,20,21,22,23). The van der Waals surface area contributed by atoms with Gasteiger partial charge in [-0.15, -0.1) is 0 Å². The Balaban J connectivity index is 1.95. The molecule has 1 aromatic heterocycles. The van der Waals surface area contributed by atoms with Gasteiger partial charge in [0, 0.05) is 21.2 Å². The molecule has 3 rings (SSSR count). The summed E-state index contributed by atoms with van der Waals surface area (Å²) in [6.45, 7) is 3.96. The van der Waals surface area contributed by atoms with E-state index in [0.717, 1.165) is 32.2 Å². The highest BCUT2D eigenvalue weighted by Crippen LogP contribution is 2.29. The fourth-order valence-corrected chi connectivity index (χ4v) is 3.02. The van der Waals surface area contributed by atoms with Gasteiger partial charge in [-0.3, -0.25) is 0 Å². The molecule has 3 aromatic rings. The number of halogens is 1. The molecule has 0 amide bonds. The Morgan fingerprint density at radius 3 is 2.57 bits per heavy atom. The van der Waals surface area contributed by atoms with Crippen LogP contribution in [0.4, 0.5) is 11.5 Å². The quantitative estimate of drug-likeness (QED) is 0.510. The first-order valence-corrected chi connectivity index (χ1v) is 8.06. The van der Waals surface area contributed by atoms with Crippen molar-refractivity contribution in [3.05, 3.63) is 64.3 Å². The van der Waals surface area contributed by atoms with E-state index in [1.165, 1.54) is 0 Å². The highest BCUT2D eigenvalue weighted by atomic mass is 79.9. The molecule has 3 N–H and O–H groups in total. The van der Waals surface area contributed by atoms with Crippen LogP contribution >= 0.6 is 15.9 Å². The Kier molecular flexibility index (Phi) is 4.30. The number of aryl methyl sites for hydroxylation is 2. The number of guanidine groups is 1. The number of fused-ring (bicyclic) bond motifs is 1. The van der Waals surface area contributed by atoms with Crippen molar-refractivity contribution in [3.8, 4) is 0 Å². The smallest absolute Gasteiger partial charge is 0.199 e. The predicted octanol–water partition coefficient (Wildman–Crippen LogP) is 4.67. The van der Waals surface area contributed by atoms with Crippen LogP contribution < -0.4 is 11.1 Å². The van der Waals surface area contributed by atoms with Gasteiger partial charge < -0.3 is 11.1 Å². The average Bonchev–Trinajstić information content (AvgIpc) is 2.49. The molecule has 0 fully saturated rings. The number of nitrogens with one attached hydrogen (secondary N) is 1. The number of rotatable bonds is 2. The molecule has 0 aliphatic rings. The van der Waals surface area contributed by atoms with Gasteiger partial charge in [-0.2, -0.15) is 4.99 Å². The molecule has 0 radical (unpaired) electrons. The lowest BCUT2D eigenvalue weighted by Crippen LogP contribution is -2.22. The Hall–Kier alpha value is -2.40. The van der Waals surface area contributed by atoms with Crippen LogP contribution in [0.15, 0.2) is 58.0 Å². The fourth-order valence-electron chi connectivity index (χ4n) is 2.54. The number of hydrogen-bond donors (Lipinski definition) is 2. The number of nitrogens with two attached hydrogens (primary N) is 1. The Morgan fingerprint density at radius 1 is 1.09 bits per heavy atom. The normalized spacial score (nSPS) is 11.7. The van der Waals surface area contributed by atoms with Crippen molar-refractivity contribution < 1.29 is 0 Å². The van der Waals surface area contributed by atoms with Crippen LogP contribution in [0.2, 0.25) is 0 Å². The van der Waals surface area contributed by atoms with E-state index >= 15 is 0 Å². The summed E-state index contributed by atoms with van der Waals surface area (Å²) >= 11 is 3.57. The molecule has 4 nitrogen and oxygen atoms in total. The molecule has 0 unspecified atom stereocenters. The van der Waals surface area contributed by atoms with Gasteiger partial charge in [-0.05, 0) is 49.1 Å². The van der Waals surface area contributed by atoms with E-state index in [1.54, 1.807) is 0 Å². The zero-order chi connectivity index (χ0) is 16.4. The van der Waals surface area contributed by atoms with E-state index in [4.69, 9.17) is 5.73 Å². The van der Waals surface area contributed by atoms with Crippen molar-refractivity contribution in [1.29, 1.82) is 0 Å². The molecule has 0 aliphatic heterocycles. The Morgan fingerprint density at radius 2 is 1.83 bits per heavy atom. The first-order chi connectivity index (χ1) is 11.0. The molecule has 2 aromatic carbocycles. The molecule has 23 heavy (non-hydrogen) atoms. The van der Waals surface area contributed by atoms with Crippen molar-refractivity contribution >= 4 is 44.2 Å². The largest absolute Gasteiger partial charge is 0.369 e. The lowest BCUT2D eigenvalue weighted by molar-refractivity contribution is 1.15. The topological polar surface area (TPSA) is 63.3 Å². The number of pyridine rings is 1. The van der Waals surface area contributed by atoms with E-state index in [0.29, 0.717) is 11.8 Å². The molecule has 5 heteroatoms. The SMILES string of the molecule is Cc1cc(C)nc(/N=C(\N)Nc2ccc(Br)c3ccccc23)c1. The van der Waals surface area contributed by atoms with Gasteiger partial charge in [0.2, 0.25) is 0 Å². The number of nitrogens with zero attached hydrogens (tertiary/aromatic N) is 2. The molecule has 0 aliphatic carbocycles. The second kappa shape index (κ2) is 6.38. The van der Waals surface area contributed by atoms with Crippen molar-refractivity contribution in [3.63, 3.8) is 0 Å². The zero-order valence-electron chi connectivity index (χ0n) is 13.0. The Bertz CT molecular complexity index is 882. The van der Waals surface area contributed by atoms with Crippen molar-refractivity contribution in [2.24, 2.45) is 10.7 Å². The van der Waals surface area contributed by atoms with Crippen LogP contribution in [0.5, 0.6) is 0 Å². The maximum absolute atomic E-state index is 6.05. The second-order valence-corrected chi connectivity index (χ2v) is 6.26. The van der Waals surface area contributed by atoms with Crippen LogP contribution in [-0.4, -0.2) is 10.9 Å². The molecule has 116 valence electrons. The fraction of sp³-hybridized carbons (Fsp3) is 0.111. The van der Waals surface area contributed by atoms with E-state index in [2.05, 4.69) is 37.3 Å². The minimum atomic E-state index is 0.315. The summed E-state index contributed by atoms with van der Waals surface area (Å²) in [6.07, 6.45) is 0. The number of anilines is 1. The average molecular weight is 369 g/mol. The third-order valence-corrected chi connectivity index (χ3v) is 4.14. The van der Waals surface area contributed by atoms with Crippen LogP contribution in [0.1, 0.15) is 11.3 Å². The molecule has 0 atom stereocenters. The van der Waals surface area contributed by atoms with Gasteiger partial charge in [0.05, 0.1) is 0 Å². The van der Waals surface area contributed by atoms with E-state index < -0.39 is 0 Å².